The molecule has 2 N–H and O–H groups in total. The zero-order valence-corrected chi connectivity index (χ0v) is 16.4. The second-order valence-corrected chi connectivity index (χ2v) is 6.65. The van der Waals surface area contributed by atoms with Crippen molar-refractivity contribution in [1.29, 1.82) is 0 Å². The van der Waals surface area contributed by atoms with Crippen molar-refractivity contribution in [2.45, 2.75) is 27.2 Å². The normalized spacial score (nSPS) is 11.5. The summed E-state index contributed by atoms with van der Waals surface area (Å²) in [5.74, 6) is -1.62. The molecule has 2 aromatic rings. The third-order valence-corrected chi connectivity index (χ3v) is 4.62. The fourth-order valence-corrected chi connectivity index (χ4v) is 2.83. The Morgan fingerprint density at radius 1 is 0.929 bits per heavy atom. The van der Waals surface area contributed by atoms with Crippen molar-refractivity contribution >= 4 is 23.5 Å². The van der Waals surface area contributed by atoms with Crippen molar-refractivity contribution in [3.8, 4) is 0 Å². The molecule has 0 aliphatic carbocycles. The van der Waals surface area contributed by atoms with Crippen LogP contribution in [0, 0.1) is 5.92 Å². The molecule has 0 aliphatic heterocycles. The monoisotopic (exact) mass is 382 g/mol. The van der Waals surface area contributed by atoms with Crippen LogP contribution in [0.5, 0.6) is 0 Å². The SMILES string of the molecule is CCN(CC)C(=O)c1ccc(C(=O)Nc2ccc(CC(C)C(=O)O)cc2)cc1. The van der Waals surface area contributed by atoms with Gasteiger partial charge in [0.2, 0.25) is 0 Å². The molecule has 0 bridgehead atoms. The number of hydrogen-bond donors (Lipinski definition) is 2. The first-order chi connectivity index (χ1) is 13.3. The van der Waals surface area contributed by atoms with Gasteiger partial charge in [0.05, 0.1) is 5.92 Å². The second kappa shape index (κ2) is 9.69. The first kappa shape index (κ1) is 21.2. The van der Waals surface area contributed by atoms with Gasteiger partial charge in [-0.25, -0.2) is 0 Å². The van der Waals surface area contributed by atoms with E-state index in [9.17, 15) is 14.4 Å². The highest BCUT2D eigenvalue weighted by Gasteiger charge is 2.14. The van der Waals surface area contributed by atoms with Crippen LogP contribution in [0.15, 0.2) is 48.5 Å². The summed E-state index contributed by atoms with van der Waals surface area (Å²) in [4.78, 5) is 37.4. The summed E-state index contributed by atoms with van der Waals surface area (Å²) in [5.41, 5.74) is 2.53. The molecular formula is C22H26N2O4. The molecule has 2 aromatic carbocycles. The van der Waals surface area contributed by atoms with Gasteiger partial charge in [-0.15, -0.1) is 0 Å². The van der Waals surface area contributed by atoms with Gasteiger partial charge in [-0.1, -0.05) is 19.1 Å². The molecule has 0 saturated carbocycles. The van der Waals surface area contributed by atoms with Gasteiger partial charge in [0.15, 0.2) is 0 Å². The van der Waals surface area contributed by atoms with Gasteiger partial charge < -0.3 is 15.3 Å². The predicted molar refractivity (Wildman–Crippen MR) is 109 cm³/mol. The van der Waals surface area contributed by atoms with E-state index >= 15 is 0 Å². The summed E-state index contributed by atoms with van der Waals surface area (Å²) in [6.07, 6.45) is 0.436. The van der Waals surface area contributed by atoms with E-state index in [1.807, 2.05) is 13.8 Å². The topological polar surface area (TPSA) is 86.7 Å². The number of carbonyl (C=O) groups is 3. The minimum Gasteiger partial charge on any atom is -0.481 e. The third kappa shape index (κ3) is 5.42. The van der Waals surface area contributed by atoms with Crippen molar-refractivity contribution in [1.82, 2.24) is 4.90 Å². The zero-order valence-electron chi connectivity index (χ0n) is 16.4. The first-order valence-corrected chi connectivity index (χ1v) is 9.38. The van der Waals surface area contributed by atoms with Crippen LogP contribution in [0.25, 0.3) is 0 Å². The minimum absolute atomic E-state index is 0.0527. The van der Waals surface area contributed by atoms with Crippen LogP contribution < -0.4 is 5.32 Å². The Balaban J connectivity index is 2.01. The van der Waals surface area contributed by atoms with E-state index < -0.39 is 11.9 Å². The molecule has 28 heavy (non-hydrogen) atoms. The Morgan fingerprint density at radius 3 is 1.96 bits per heavy atom. The molecule has 0 fully saturated rings. The molecule has 1 unspecified atom stereocenters. The standard InChI is InChI=1S/C22H26N2O4/c1-4-24(5-2)21(26)18-10-8-17(9-11-18)20(25)23-19-12-6-16(7-13-19)14-15(3)22(27)28/h6-13,15H,4-5,14H2,1-3H3,(H,23,25)(H,27,28). The molecule has 2 amide bonds. The smallest absolute Gasteiger partial charge is 0.306 e. The maximum absolute atomic E-state index is 12.4. The Kier molecular flexibility index (Phi) is 7.32. The number of nitrogens with zero attached hydrogens (tertiary/aromatic N) is 1. The Morgan fingerprint density at radius 2 is 1.46 bits per heavy atom. The van der Waals surface area contributed by atoms with Gasteiger partial charge in [0, 0.05) is 29.9 Å². The first-order valence-electron chi connectivity index (χ1n) is 9.38. The van der Waals surface area contributed by atoms with E-state index in [2.05, 4.69) is 5.32 Å². The number of carboxylic acids is 1. The van der Waals surface area contributed by atoms with E-state index in [0.717, 1.165) is 5.56 Å². The van der Waals surface area contributed by atoms with Crippen LogP contribution in [-0.4, -0.2) is 40.9 Å². The van der Waals surface area contributed by atoms with Crippen LogP contribution in [0.2, 0.25) is 0 Å². The zero-order chi connectivity index (χ0) is 20.7. The molecular weight excluding hydrogens is 356 g/mol. The molecule has 1 atom stereocenters. The van der Waals surface area contributed by atoms with Crippen LogP contribution in [0.4, 0.5) is 5.69 Å². The van der Waals surface area contributed by atoms with Gasteiger partial charge in [0.1, 0.15) is 0 Å². The van der Waals surface area contributed by atoms with Crippen molar-refractivity contribution in [3.05, 3.63) is 65.2 Å². The van der Waals surface area contributed by atoms with E-state index in [1.54, 1.807) is 60.4 Å². The highest BCUT2D eigenvalue weighted by molar-refractivity contribution is 6.05. The average Bonchev–Trinajstić information content (AvgIpc) is 2.70. The van der Waals surface area contributed by atoms with Crippen molar-refractivity contribution in [2.75, 3.05) is 18.4 Å². The van der Waals surface area contributed by atoms with Crippen molar-refractivity contribution in [2.24, 2.45) is 5.92 Å². The fourth-order valence-electron chi connectivity index (χ4n) is 2.83. The van der Waals surface area contributed by atoms with Crippen LogP contribution in [0.3, 0.4) is 0 Å². The fraction of sp³-hybridized carbons (Fsp3) is 0.318. The number of rotatable bonds is 8. The van der Waals surface area contributed by atoms with Gasteiger partial charge in [-0.3, -0.25) is 14.4 Å². The van der Waals surface area contributed by atoms with E-state index in [0.29, 0.717) is 36.3 Å². The largest absolute Gasteiger partial charge is 0.481 e. The number of hydrogen-bond acceptors (Lipinski definition) is 3. The summed E-state index contributed by atoms with van der Waals surface area (Å²) in [6, 6.07) is 13.7. The van der Waals surface area contributed by atoms with Crippen LogP contribution in [0.1, 0.15) is 47.1 Å². The molecule has 0 aliphatic rings. The summed E-state index contributed by atoms with van der Waals surface area (Å²) in [5, 5.41) is 11.8. The Hall–Kier alpha value is -3.15. The van der Waals surface area contributed by atoms with Crippen LogP contribution >= 0.6 is 0 Å². The Bertz CT molecular complexity index is 825. The lowest BCUT2D eigenvalue weighted by molar-refractivity contribution is -0.141. The minimum atomic E-state index is -0.833. The third-order valence-electron chi connectivity index (χ3n) is 4.62. The summed E-state index contributed by atoms with van der Waals surface area (Å²) < 4.78 is 0. The number of aliphatic carboxylic acids is 1. The average molecular weight is 382 g/mol. The predicted octanol–water partition coefficient (Wildman–Crippen LogP) is 3.68. The van der Waals surface area contributed by atoms with Gasteiger partial charge in [0.25, 0.3) is 11.8 Å². The van der Waals surface area contributed by atoms with E-state index in [1.165, 1.54) is 0 Å². The van der Waals surface area contributed by atoms with Crippen LogP contribution in [-0.2, 0) is 11.2 Å². The summed E-state index contributed by atoms with van der Waals surface area (Å²) in [7, 11) is 0. The molecule has 0 heterocycles. The lowest BCUT2D eigenvalue weighted by atomic mass is 10.0. The summed E-state index contributed by atoms with van der Waals surface area (Å²) in [6.45, 7) is 6.79. The quantitative estimate of drug-likeness (QED) is 0.729. The van der Waals surface area contributed by atoms with Gasteiger partial charge >= 0.3 is 5.97 Å². The number of nitrogens with one attached hydrogen (secondary N) is 1. The number of carboxylic acid groups (broad SMARTS) is 1. The number of anilines is 1. The highest BCUT2D eigenvalue weighted by atomic mass is 16.4. The molecule has 6 heteroatoms. The lowest BCUT2D eigenvalue weighted by Crippen LogP contribution is -2.30. The van der Waals surface area contributed by atoms with Gasteiger partial charge in [-0.05, 0) is 62.2 Å². The molecule has 0 spiro atoms. The van der Waals surface area contributed by atoms with Crippen molar-refractivity contribution in [3.63, 3.8) is 0 Å². The molecule has 0 radical (unpaired) electrons. The molecule has 0 aromatic heterocycles. The second-order valence-electron chi connectivity index (χ2n) is 6.65. The van der Waals surface area contributed by atoms with E-state index in [4.69, 9.17) is 5.11 Å². The Labute approximate surface area is 165 Å². The number of amides is 2. The van der Waals surface area contributed by atoms with E-state index in [-0.39, 0.29) is 11.8 Å². The number of benzene rings is 2. The van der Waals surface area contributed by atoms with Crippen molar-refractivity contribution < 1.29 is 19.5 Å². The molecule has 6 nitrogen and oxygen atoms in total. The van der Waals surface area contributed by atoms with Gasteiger partial charge in [-0.2, -0.15) is 0 Å². The molecule has 0 saturated heterocycles. The summed E-state index contributed by atoms with van der Waals surface area (Å²) >= 11 is 0. The maximum atomic E-state index is 12.4. The highest BCUT2D eigenvalue weighted by Crippen LogP contribution is 2.15. The lowest BCUT2D eigenvalue weighted by Gasteiger charge is -2.18. The molecule has 148 valence electrons. The number of carbonyl (C=O) groups excluding carboxylic acids is 2. The maximum Gasteiger partial charge on any atom is 0.306 e. The molecule has 2 rings (SSSR count).